The number of benzene rings is 1. The Morgan fingerprint density at radius 3 is 2.53 bits per heavy atom. The molecule has 0 bridgehead atoms. The topological polar surface area (TPSA) is 62.7 Å². The second-order valence-corrected chi connectivity index (χ2v) is 10.1. The summed E-state index contributed by atoms with van der Waals surface area (Å²) in [5.41, 5.74) is 0.409. The fourth-order valence-corrected chi connectivity index (χ4v) is 6.05. The summed E-state index contributed by atoms with van der Waals surface area (Å²) in [4.78, 5) is 8.77. The third kappa shape index (κ3) is 4.07. The van der Waals surface area contributed by atoms with Crippen molar-refractivity contribution < 1.29 is 17.5 Å². The highest BCUT2D eigenvalue weighted by atomic mass is 35.5. The Hall–Kier alpha value is -2.06. The highest BCUT2D eigenvalue weighted by Crippen LogP contribution is 2.47. The van der Waals surface area contributed by atoms with Crippen LogP contribution in [0, 0.1) is 5.82 Å². The van der Waals surface area contributed by atoms with Gasteiger partial charge in [-0.3, -0.25) is 0 Å². The van der Waals surface area contributed by atoms with Gasteiger partial charge in [0.05, 0.1) is 5.75 Å². The Kier molecular flexibility index (Phi) is 6.06. The number of hydrogen-bond acceptors (Lipinski definition) is 6. The predicted octanol–water partition coefficient (Wildman–Crippen LogP) is 4.66. The minimum Gasteiger partial charge on any atom is -0.437 e. The average Bonchev–Trinajstić information content (AvgIpc) is 3.25. The van der Waals surface area contributed by atoms with E-state index < -0.39 is 9.84 Å². The number of rotatable bonds is 6. The van der Waals surface area contributed by atoms with Crippen LogP contribution < -0.4 is 14.5 Å². The van der Waals surface area contributed by atoms with E-state index in [4.69, 9.17) is 16.3 Å². The molecule has 0 atom stereocenters. The fourth-order valence-electron chi connectivity index (χ4n) is 3.90. The van der Waals surface area contributed by atoms with E-state index in [0.717, 1.165) is 38.8 Å². The molecule has 1 fully saturated rings. The van der Waals surface area contributed by atoms with Gasteiger partial charge >= 0.3 is 0 Å². The molecule has 0 spiro atoms. The monoisotopic (exact) mass is 453 g/mol. The fraction of sp³-hybridized carbons (Fsp3) is 0.476. The van der Waals surface area contributed by atoms with E-state index in [2.05, 4.69) is 11.9 Å². The van der Waals surface area contributed by atoms with Crippen molar-refractivity contribution in [3.05, 3.63) is 35.1 Å². The maximum atomic E-state index is 13.3. The molecule has 2 aliphatic rings. The van der Waals surface area contributed by atoms with Gasteiger partial charge < -0.3 is 14.5 Å². The van der Waals surface area contributed by atoms with Gasteiger partial charge in [-0.25, -0.2) is 12.8 Å². The predicted molar refractivity (Wildman–Crippen MR) is 116 cm³/mol. The van der Waals surface area contributed by atoms with Gasteiger partial charge in [0, 0.05) is 26.2 Å². The lowest BCUT2D eigenvalue weighted by molar-refractivity contribution is 0.456. The number of halogens is 2. The standard InChI is InChI=1S/C21H25ClFN3O3S/c1-2-3-10-25-13-14-30(27,28)19-17(22)20(26-11-4-5-12-26)24-21(18(19)25)29-16-8-6-15(23)7-9-16/h6-9H,2-5,10-14H2,1H3. The van der Waals surface area contributed by atoms with Crippen LogP contribution in [0.1, 0.15) is 32.6 Å². The average molecular weight is 454 g/mol. The molecule has 2 aromatic rings. The van der Waals surface area contributed by atoms with Gasteiger partial charge in [0.15, 0.2) is 15.7 Å². The van der Waals surface area contributed by atoms with Gasteiger partial charge in [0.2, 0.25) is 5.88 Å². The van der Waals surface area contributed by atoms with Crippen LogP contribution in [0.15, 0.2) is 29.2 Å². The van der Waals surface area contributed by atoms with Gasteiger partial charge in [0.1, 0.15) is 27.2 Å². The summed E-state index contributed by atoms with van der Waals surface area (Å²) in [6, 6.07) is 5.60. The van der Waals surface area contributed by atoms with E-state index in [1.807, 2.05) is 9.80 Å². The molecule has 1 aromatic heterocycles. The molecular weight excluding hydrogens is 429 g/mol. The molecule has 9 heteroatoms. The molecule has 3 heterocycles. The number of hydrogen-bond donors (Lipinski definition) is 0. The van der Waals surface area contributed by atoms with Crippen LogP contribution in [0.2, 0.25) is 5.02 Å². The molecule has 0 amide bonds. The third-order valence-electron chi connectivity index (χ3n) is 5.49. The summed E-state index contributed by atoms with van der Waals surface area (Å²) in [5, 5.41) is 0.166. The lowest BCUT2D eigenvalue weighted by Gasteiger charge is -2.33. The highest BCUT2D eigenvalue weighted by molar-refractivity contribution is 7.91. The maximum absolute atomic E-state index is 13.3. The first-order valence-electron chi connectivity index (χ1n) is 10.3. The molecule has 1 aromatic carbocycles. The lowest BCUT2D eigenvalue weighted by atomic mass is 10.2. The molecule has 162 valence electrons. The Balaban J connectivity index is 1.89. The second-order valence-electron chi connectivity index (χ2n) is 7.64. The molecule has 0 saturated carbocycles. The van der Waals surface area contributed by atoms with E-state index in [9.17, 15) is 12.8 Å². The number of sulfone groups is 1. The first kappa shape index (κ1) is 21.2. The number of fused-ring (bicyclic) bond motifs is 1. The molecule has 6 nitrogen and oxygen atoms in total. The van der Waals surface area contributed by atoms with Gasteiger partial charge in [-0.15, -0.1) is 0 Å². The summed E-state index contributed by atoms with van der Waals surface area (Å²) in [6.07, 6.45) is 3.87. The molecule has 0 unspecified atom stereocenters. The Labute approximate surface area is 181 Å². The third-order valence-corrected chi connectivity index (χ3v) is 7.70. The van der Waals surface area contributed by atoms with Crippen LogP contribution in [0.3, 0.4) is 0 Å². The highest BCUT2D eigenvalue weighted by Gasteiger charge is 2.37. The first-order valence-corrected chi connectivity index (χ1v) is 12.3. The van der Waals surface area contributed by atoms with Crippen molar-refractivity contribution in [2.24, 2.45) is 0 Å². The normalized spacial score (nSPS) is 17.8. The summed E-state index contributed by atoms with van der Waals surface area (Å²) >= 11 is 6.67. The largest absolute Gasteiger partial charge is 0.437 e. The summed E-state index contributed by atoms with van der Waals surface area (Å²) in [7, 11) is -3.58. The lowest BCUT2D eigenvalue weighted by Crippen LogP contribution is -2.37. The Morgan fingerprint density at radius 1 is 1.17 bits per heavy atom. The molecular formula is C21H25ClFN3O3S. The minimum atomic E-state index is -3.58. The van der Waals surface area contributed by atoms with Crippen LogP contribution in [-0.4, -0.2) is 45.3 Å². The van der Waals surface area contributed by atoms with Crippen LogP contribution in [0.4, 0.5) is 15.9 Å². The molecule has 30 heavy (non-hydrogen) atoms. The van der Waals surface area contributed by atoms with Gasteiger partial charge in [-0.1, -0.05) is 24.9 Å². The van der Waals surface area contributed by atoms with E-state index >= 15 is 0 Å². The Morgan fingerprint density at radius 2 is 1.87 bits per heavy atom. The number of aromatic nitrogens is 1. The van der Waals surface area contributed by atoms with Crippen molar-refractivity contribution in [3.63, 3.8) is 0 Å². The molecule has 1 saturated heterocycles. The van der Waals surface area contributed by atoms with E-state index in [0.29, 0.717) is 30.3 Å². The van der Waals surface area contributed by atoms with Gasteiger partial charge in [-0.05, 0) is 43.5 Å². The molecule has 0 aliphatic carbocycles. The van der Waals surface area contributed by atoms with Crippen molar-refractivity contribution in [1.82, 2.24) is 4.98 Å². The summed E-state index contributed by atoms with van der Waals surface area (Å²) in [6.45, 7) is 4.65. The van der Waals surface area contributed by atoms with Gasteiger partial charge in [-0.2, -0.15) is 4.98 Å². The van der Waals surface area contributed by atoms with Crippen LogP contribution in [0.5, 0.6) is 11.6 Å². The van der Waals surface area contributed by atoms with Crippen molar-refractivity contribution in [3.8, 4) is 11.6 Å². The van der Waals surface area contributed by atoms with E-state index in [-0.39, 0.29) is 27.4 Å². The van der Waals surface area contributed by atoms with E-state index in [1.165, 1.54) is 24.3 Å². The quantitative estimate of drug-likeness (QED) is 0.633. The number of nitrogens with zero attached hydrogens (tertiary/aromatic N) is 3. The van der Waals surface area contributed by atoms with Crippen molar-refractivity contribution in [2.45, 2.75) is 37.5 Å². The number of unbranched alkanes of at least 4 members (excludes halogenated alkanes) is 1. The smallest absolute Gasteiger partial charge is 0.246 e. The van der Waals surface area contributed by atoms with Crippen molar-refractivity contribution >= 4 is 32.9 Å². The van der Waals surface area contributed by atoms with E-state index in [1.54, 1.807) is 0 Å². The number of ether oxygens (including phenoxy) is 1. The maximum Gasteiger partial charge on any atom is 0.246 e. The number of anilines is 2. The van der Waals surface area contributed by atoms with Crippen molar-refractivity contribution in [2.75, 3.05) is 41.7 Å². The minimum absolute atomic E-state index is 0.00285. The first-order chi connectivity index (χ1) is 14.4. The molecule has 2 aliphatic heterocycles. The van der Waals surface area contributed by atoms with Gasteiger partial charge in [0.25, 0.3) is 0 Å². The molecule has 0 N–H and O–H groups in total. The summed E-state index contributed by atoms with van der Waals surface area (Å²) < 4.78 is 45.5. The zero-order chi connectivity index (χ0) is 21.3. The SMILES string of the molecule is CCCCN1CCS(=O)(=O)c2c(Cl)c(N3CCCC3)nc(Oc3ccc(F)cc3)c21. The van der Waals surface area contributed by atoms with Crippen molar-refractivity contribution in [1.29, 1.82) is 0 Å². The Bertz CT molecular complexity index is 1020. The zero-order valence-electron chi connectivity index (χ0n) is 16.9. The molecule has 4 rings (SSSR count). The summed E-state index contributed by atoms with van der Waals surface area (Å²) in [5.74, 6) is 0.647. The molecule has 0 radical (unpaired) electrons. The zero-order valence-corrected chi connectivity index (χ0v) is 18.5. The number of pyridine rings is 1. The van der Waals surface area contributed by atoms with Crippen LogP contribution >= 0.6 is 11.6 Å². The van der Waals surface area contributed by atoms with Crippen LogP contribution in [0.25, 0.3) is 0 Å². The van der Waals surface area contributed by atoms with Crippen LogP contribution in [-0.2, 0) is 9.84 Å². The second kappa shape index (κ2) is 8.59.